The monoisotopic (exact) mass is 381 g/mol. The third kappa shape index (κ3) is 3.81. The summed E-state index contributed by atoms with van der Waals surface area (Å²) in [4.78, 5) is 25.4. The first-order chi connectivity index (χ1) is 12.7. The van der Waals surface area contributed by atoms with E-state index in [9.17, 15) is 22.8 Å². The molecular weight excluding hydrogens is 363 g/mol. The Morgan fingerprint density at radius 1 is 1.30 bits per heavy atom. The van der Waals surface area contributed by atoms with Crippen LogP contribution in [0.25, 0.3) is 5.69 Å². The molecule has 0 radical (unpaired) electrons. The fraction of sp³-hybridized carbons (Fsp3) is 0.389. The summed E-state index contributed by atoms with van der Waals surface area (Å²) >= 11 is 0. The Hall–Kier alpha value is -2.84. The lowest BCUT2D eigenvalue weighted by Gasteiger charge is -2.30. The van der Waals surface area contributed by atoms with Gasteiger partial charge in [-0.15, -0.1) is 0 Å². The third-order valence-corrected chi connectivity index (χ3v) is 4.72. The van der Waals surface area contributed by atoms with E-state index in [1.165, 1.54) is 27.9 Å². The molecule has 1 atom stereocenters. The number of halogens is 3. The van der Waals surface area contributed by atoms with Crippen LogP contribution in [-0.2, 0) is 11.0 Å². The number of carbonyl (C=O) groups is 2. The molecule has 1 aromatic heterocycles. The maximum absolute atomic E-state index is 12.9. The van der Waals surface area contributed by atoms with Crippen LogP contribution in [0.4, 0.5) is 13.2 Å². The average molecular weight is 381 g/mol. The van der Waals surface area contributed by atoms with Crippen LogP contribution in [0.5, 0.6) is 0 Å². The van der Waals surface area contributed by atoms with E-state index in [2.05, 4.69) is 5.10 Å². The van der Waals surface area contributed by atoms with E-state index in [1.807, 2.05) is 0 Å². The van der Waals surface area contributed by atoms with Crippen molar-refractivity contribution in [2.24, 2.45) is 5.92 Å². The largest absolute Gasteiger partial charge is 0.481 e. The van der Waals surface area contributed by atoms with Crippen LogP contribution in [0.15, 0.2) is 30.5 Å². The van der Waals surface area contributed by atoms with Crippen molar-refractivity contribution in [2.45, 2.75) is 25.9 Å². The molecule has 1 N–H and O–H groups in total. The molecular formula is C18H18F3N3O3. The van der Waals surface area contributed by atoms with Gasteiger partial charge < -0.3 is 10.0 Å². The standard InChI is InChI=1S/C18H18F3N3O3/c1-11-15(16(25)23-7-3-4-12(10-23)17(26)27)9-22-24(11)14-6-2-5-13(8-14)18(19,20)21/h2,5-6,8-9,12H,3-4,7,10H2,1H3,(H,26,27). The fourth-order valence-electron chi connectivity index (χ4n) is 3.23. The molecule has 6 nitrogen and oxygen atoms in total. The summed E-state index contributed by atoms with van der Waals surface area (Å²) in [5.74, 6) is -1.91. The number of piperidine rings is 1. The second-order valence-electron chi connectivity index (χ2n) is 6.53. The summed E-state index contributed by atoms with van der Waals surface area (Å²) in [6, 6.07) is 4.69. The van der Waals surface area contributed by atoms with Gasteiger partial charge in [0.05, 0.1) is 34.6 Å². The molecule has 1 aromatic carbocycles. The Bertz CT molecular complexity index is 876. The lowest BCUT2D eigenvalue weighted by Crippen LogP contribution is -2.42. The van der Waals surface area contributed by atoms with Crippen LogP contribution in [0, 0.1) is 12.8 Å². The molecule has 0 saturated carbocycles. The van der Waals surface area contributed by atoms with E-state index in [4.69, 9.17) is 5.11 Å². The van der Waals surface area contributed by atoms with Crippen molar-refractivity contribution in [3.05, 3.63) is 47.3 Å². The van der Waals surface area contributed by atoms with Crippen molar-refractivity contribution < 1.29 is 27.9 Å². The van der Waals surface area contributed by atoms with Gasteiger partial charge in [0.2, 0.25) is 0 Å². The molecule has 27 heavy (non-hydrogen) atoms. The first-order valence-corrected chi connectivity index (χ1v) is 8.43. The van der Waals surface area contributed by atoms with Crippen LogP contribution < -0.4 is 0 Å². The smallest absolute Gasteiger partial charge is 0.416 e. The zero-order chi connectivity index (χ0) is 19.8. The number of likely N-dealkylation sites (tertiary alicyclic amines) is 1. The number of carboxylic acid groups (broad SMARTS) is 1. The van der Waals surface area contributed by atoms with E-state index in [-0.39, 0.29) is 23.7 Å². The van der Waals surface area contributed by atoms with E-state index in [1.54, 1.807) is 6.92 Å². The second kappa shape index (κ2) is 7.05. The normalized spacial score (nSPS) is 17.8. The Balaban J connectivity index is 1.87. The molecule has 1 saturated heterocycles. The quantitative estimate of drug-likeness (QED) is 0.886. The van der Waals surface area contributed by atoms with Crippen LogP contribution in [-0.4, -0.2) is 44.8 Å². The van der Waals surface area contributed by atoms with Gasteiger partial charge in [0.1, 0.15) is 0 Å². The van der Waals surface area contributed by atoms with Gasteiger partial charge in [0.15, 0.2) is 0 Å². The van der Waals surface area contributed by atoms with E-state index >= 15 is 0 Å². The number of hydrogen-bond acceptors (Lipinski definition) is 3. The molecule has 3 rings (SSSR count). The third-order valence-electron chi connectivity index (χ3n) is 4.72. The molecule has 2 heterocycles. The number of aromatic nitrogens is 2. The molecule has 1 fully saturated rings. The molecule has 1 aliphatic rings. The Morgan fingerprint density at radius 2 is 2.04 bits per heavy atom. The van der Waals surface area contributed by atoms with Gasteiger partial charge >= 0.3 is 12.1 Å². The number of alkyl halides is 3. The first kappa shape index (κ1) is 18.9. The first-order valence-electron chi connectivity index (χ1n) is 8.43. The lowest BCUT2D eigenvalue weighted by atomic mass is 9.98. The van der Waals surface area contributed by atoms with Crippen LogP contribution >= 0.6 is 0 Å². The van der Waals surface area contributed by atoms with Gasteiger partial charge in [0.25, 0.3) is 5.91 Å². The number of carboxylic acids is 1. The zero-order valence-electron chi connectivity index (χ0n) is 14.5. The molecule has 1 amide bonds. The van der Waals surface area contributed by atoms with Crippen molar-refractivity contribution in [2.75, 3.05) is 13.1 Å². The molecule has 144 valence electrons. The maximum atomic E-state index is 12.9. The highest BCUT2D eigenvalue weighted by molar-refractivity contribution is 5.95. The summed E-state index contributed by atoms with van der Waals surface area (Å²) in [6.07, 6.45) is -2.07. The summed E-state index contributed by atoms with van der Waals surface area (Å²) in [6.45, 7) is 2.15. The topological polar surface area (TPSA) is 75.4 Å². The maximum Gasteiger partial charge on any atom is 0.416 e. The van der Waals surface area contributed by atoms with Crippen molar-refractivity contribution in [3.8, 4) is 5.69 Å². The molecule has 1 unspecified atom stereocenters. The van der Waals surface area contributed by atoms with Crippen LogP contribution in [0.3, 0.4) is 0 Å². The minimum atomic E-state index is -4.48. The number of aliphatic carboxylic acids is 1. The number of amides is 1. The summed E-state index contributed by atoms with van der Waals surface area (Å²) in [7, 11) is 0. The Kier molecular flexibility index (Phi) is 4.95. The van der Waals surface area contributed by atoms with E-state index in [0.717, 1.165) is 12.1 Å². The van der Waals surface area contributed by atoms with Crippen molar-refractivity contribution in [1.82, 2.24) is 14.7 Å². The second-order valence-corrected chi connectivity index (χ2v) is 6.53. The van der Waals surface area contributed by atoms with E-state index < -0.39 is 23.6 Å². The van der Waals surface area contributed by atoms with Crippen LogP contribution in [0.1, 0.15) is 34.5 Å². The van der Waals surface area contributed by atoms with Gasteiger partial charge in [-0.3, -0.25) is 9.59 Å². The Morgan fingerprint density at radius 3 is 2.70 bits per heavy atom. The predicted octanol–water partition coefficient (Wildman–Crippen LogP) is 3.14. The molecule has 0 spiro atoms. The number of nitrogens with zero attached hydrogens (tertiary/aromatic N) is 3. The average Bonchev–Trinajstić information content (AvgIpc) is 3.02. The molecule has 0 aliphatic carbocycles. The minimum Gasteiger partial charge on any atom is -0.481 e. The SMILES string of the molecule is Cc1c(C(=O)N2CCCC(C(=O)O)C2)cnn1-c1cccc(C(F)(F)F)c1. The fourth-order valence-corrected chi connectivity index (χ4v) is 3.23. The highest BCUT2D eigenvalue weighted by atomic mass is 19.4. The highest BCUT2D eigenvalue weighted by Gasteiger charge is 2.32. The highest BCUT2D eigenvalue weighted by Crippen LogP contribution is 2.30. The van der Waals surface area contributed by atoms with Gasteiger partial charge in [-0.1, -0.05) is 6.07 Å². The zero-order valence-corrected chi connectivity index (χ0v) is 14.5. The predicted molar refractivity (Wildman–Crippen MR) is 89.6 cm³/mol. The summed E-state index contributed by atoms with van der Waals surface area (Å²) in [5, 5.41) is 13.2. The summed E-state index contributed by atoms with van der Waals surface area (Å²) in [5.41, 5.74) is 0.0433. The molecule has 2 aromatic rings. The minimum absolute atomic E-state index is 0.113. The number of rotatable bonds is 3. The van der Waals surface area contributed by atoms with Gasteiger partial charge in [-0.05, 0) is 38.0 Å². The lowest BCUT2D eigenvalue weighted by molar-refractivity contribution is -0.143. The van der Waals surface area contributed by atoms with Gasteiger partial charge in [0, 0.05) is 13.1 Å². The number of carbonyl (C=O) groups excluding carboxylic acids is 1. The number of hydrogen-bond donors (Lipinski definition) is 1. The van der Waals surface area contributed by atoms with Gasteiger partial charge in [-0.2, -0.15) is 18.3 Å². The van der Waals surface area contributed by atoms with E-state index in [0.29, 0.717) is 25.1 Å². The number of benzene rings is 1. The molecule has 0 bridgehead atoms. The molecule has 9 heteroatoms. The van der Waals surface area contributed by atoms with Gasteiger partial charge in [-0.25, -0.2) is 4.68 Å². The van der Waals surface area contributed by atoms with Crippen molar-refractivity contribution >= 4 is 11.9 Å². The van der Waals surface area contributed by atoms with Crippen LogP contribution in [0.2, 0.25) is 0 Å². The summed E-state index contributed by atoms with van der Waals surface area (Å²) < 4.78 is 40.1. The molecule has 1 aliphatic heterocycles. The Labute approximate surface area is 153 Å². The van der Waals surface area contributed by atoms with Crippen molar-refractivity contribution in [1.29, 1.82) is 0 Å². The van der Waals surface area contributed by atoms with Crippen molar-refractivity contribution in [3.63, 3.8) is 0 Å².